The smallest absolute Gasteiger partial charge is 0.256 e. The van der Waals surface area contributed by atoms with E-state index in [0.29, 0.717) is 31.4 Å². The van der Waals surface area contributed by atoms with Crippen LogP contribution in [0.4, 0.5) is 11.4 Å². The monoisotopic (exact) mass is 393 g/mol. The van der Waals surface area contributed by atoms with Gasteiger partial charge in [0.05, 0.1) is 27.4 Å². The number of halogens is 2. The Morgan fingerprint density at radius 1 is 1.25 bits per heavy atom. The van der Waals surface area contributed by atoms with Crippen LogP contribution in [0.1, 0.15) is 15.9 Å². The maximum atomic E-state index is 12.2. The Bertz CT molecular complexity index is 723. The summed E-state index contributed by atoms with van der Waals surface area (Å²) in [5.74, 6) is -0.283. The lowest BCUT2D eigenvalue weighted by Gasteiger charge is -2.10. The normalized spacial score (nSPS) is 9.85. The lowest BCUT2D eigenvalue weighted by Crippen LogP contribution is -2.13. The molecule has 3 N–H and O–H groups in total. The van der Waals surface area contributed by atoms with Crippen LogP contribution in [0.5, 0.6) is 0 Å². The fourth-order valence-corrected chi connectivity index (χ4v) is 2.52. The summed E-state index contributed by atoms with van der Waals surface area (Å²) in [7, 11) is 0. The summed E-state index contributed by atoms with van der Waals surface area (Å²) in [5.41, 5.74) is 7.79. The molecule has 0 aliphatic carbocycles. The summed E-state index contributed by atoms with van der Waals surface area (Å²) >= 11 is 6.61. The number of amides is 1. The third-order valence-corrected chi connectivity index (χ3v) is 4.16. The highest BCUT2D eigenvalue weighted by molar-refractivity contribution is 9.11. The van der Waals surface area contributed by atoms with Gasteiger partial charge in [0.2, 0.25) is 0 Å². The second-order valence-corrected chi connectivity index (χ2v) is 5.62. The largest absolute Gasteiger partial charge is 0.398 e. The number of rotatable bonds is 2. The van der Waals surface area contributed by atoms with E-state index >= 15 is 0 Å². The van der Waals surface area contributed by atoms with Crippen molar-refractivity contribution in [2.45, 2.75) is 0 Å². The van der Waals surface area contributed by atoms with E-state index in [1.165, 1.54) is 0 Å². The molecule has 4 nitrogen and oxygen atoms in total. The number of benzene rings is 2. The van der Waals surface area contributed by atoms with Crippen molar-refractivity contribution in [3.63, 3.8) is 0 Å². The first kappa shape index (κ1) is 14.6. The van der Waals surface area contributed by atoms with Crippen LogP contribution in [-0.4, -0.2) is 5.91 Å². The first-order chi connectivity index (χ1) is 9.52. The number of nitrogens with zero attached hydrogens (tertiary/aromatic N) is 1. The van der Waals surface area contributed by atoms with Gasteiger partial charge in [-0.2, -0.15) is 5.26 Å². The quantitative estimate of drug-likeness (QED) is 0.757. The zero-order valence-corrected chi connectivity index (χ0v) is 13.3. The molecule has 20 heavy (non-hydrogen) atoms. The Kier molecular flexibility index (Phi) is 4.42. The Morgan fingerprint density at radius 3 is 2.65 bits per heavy atom. The van der Waals surface area contributed by atoms with Crippen LogP contribution in [0, 0.1) is 11.3 Å². The Morgan fingerprint density at radius 2 is 2.00 bits per heavy atom. The Hall–Kier alpha value is -1.84. The average Bonchev–Trinajstić information content (AvgIpc) is 2.44. The number of nitrogens with two attached hydrogens (primary N) is 1. The van der Waals surface area contributed by atoms with Crippen molar-refractivity contribution in [1.82, 2.24) is 0 Å². The van der Waals surface area contributed by atoms with Gasteiger partial charge in [0.1, 0.15) is 0 Å². The molecule has 2 rings (SSSR count). The predicted octanol–water partition coefficient (Wildman–Crippen LogP) is 3.92. The van der Waals surface area contributed by atoms with Crippen molar-refractivity contribution in [3.05, 3.63) is 56.5 Å². The molecular formula is C14H9Br2N3O. The van der Waals surface area contributed by atoms with Crippen molar-refractivity contribution in [2.75, 3.05) is 11.1 Å². The summed E-state index contributed by atoms with van der Waals surface area (Å²) in [6.07, 6.45) is 0. The van der Waals surface area contributed by atoms with Crippen LogP contribution in [0.25, 0.3) is 0 Å². The van der Waals surface area contributed by atoms with E-state index in [2.05, 4.69) is 37.2 Å². The minimum atomic E-state index is -0.283. The van der Waals surface area contributed by atoms with Crippen molar-refractivity contribution >= 4 is 49.1 Å². The summed E-state index contributed by atoms with van der Waals surface area (Å²) < 4.78 is 1.20. The number of hydrogen-bond acceptors (Lipinski definition) is 3. The number of nitrogen functional groups attached to an aromatic ring is 1. The zero-order valence-electron chi connectivity index (χ0n) is 10.2. The van der Waals surface area contributed by atoms with Crippen molar-refractivity contribution < 1.29 is 4.79 Å². The van der Waals surface area contributed by atoms with Crippen LogP contribution in [0.2, 0.25) is 0 Å². The summed E-state index contributed by atoms with van der Waals surface area (Å²) in [5, 5.41) is 11.6. The van der Waals surface area contributed by atoms with Gasteiger partial charge in [0, 0.05) is 10.2 Å². The van der Waals surface area contributed by atoms with Gasteiger partial charge >= 0.3 is 0 Å². The molecule has 0 saturated heterocycles. The topological polar surface area (TPSA) is 78.9 Å². The van der Waals surface area contributed by atoms with Gasteiger partial charge in [-0.25, -0.2) is 0 Å². The van der Waals surface area contributed by atoms with Gasteiger partial charge < -0.3 is 11.1 Å². The maximum absolute atomic E-state index is 12.2. The van der Waals surface area contributed by atoms with E-state index in [-0.39, 0.29) is 5.91 Å². The highest BCUT2D eigenvalue weighted by atomic mass is 79.9. The van der Waals surface area contributed by atoms with Crippen LogP contribution >= 0.6 is 31.9 Å². The molecule has 0 heterocycles. The molecule has 0 atom stereocenters. The Labute approximate surface area is 132 Å². The molecule has 0 aromatic heterocycles. The average molecular weight is 395 g/mol. The fourth-order valence-electron chi connectivity index (χ4n) is 1.60. The molecule has 0 radical (unpaired) electrons. The predicted molar refractivity (Wildman–Crippen MR) is 85.4 cm³/mol. The third kappa shape index (κ3) is 3.00. The minimum absolute atomic E-state index is 0.283. The second-order valence-electron chi connectivity index (χ2n) is 3.97. The lowest BCUT2D eigenvalue weighted by atomic mass is 10.1. The van der Waals surface area contributed by atoms with Gasteiger partial charge in [-0.05, 0) is 62.2 Å². The van der Waals surface area contributed by atoms with E-state index in [9.17, 15) is 4.79 Å². The fraction of sp³-hybridized carbons (Fsp3) is 0. The molecule has 6 heteroatoms. The van der Waals surface area contributed by atoms with E-state index in [1.807, 2.05) is 6.07 Å². The molecule has 0 bridgehead atoms. The number of anilines is 2. The van der Waals surface area contributed by atoms with Crippen molar-refractivity contribution in [2.24, 2.45) is 0 Å². The molecule has 100 valence electrons. The lowest BCUT2D eigenvalue weighted by molar-refractivity contribution is 0.102. The third-order valence-electron chi connectivity index (χ3n) is 2.62. The van der Waals surface area contributed by atoms with Gasteiger partial charge in [0.15, 0.2) is 0 Å². The molecule has 0 unspecified atom stereocenters. The maximum Gasteiger partial charge on any atom is 0.256 e. The van der Waals surface area contributed by atoms with E-state index in [4.69, 9.17) is 11.0 Å². The summed E-state index contributed by atoms with van der Waals surface area (Å²) in [6, 6.07) is 12.1. The molecule has 1 amide bonds. The molecule has 2 aromatic rings. The first-order valence-electron chi connectivity index (χ1n) is 5.58. The van der Waals surface area contributed by atoms with Gasteiger partial charge in [0.25, 0.3) is 5.91 Å². The van der Waals surface area contributed by atoms with Crippen molar-refractivity contribution in [1.29, 1.82) is 5.26 Å². The Balaban J connectivity index is 2.29. The van der Waals surface area contributed by atoms with Crippen molar-refractivity contribution in [3.8, 4) is 6.07 Å². The van der Waals surface area contributed by atoms with E-state index in [1.54, 1.807) is 36.4 Å². The number of carbonyl (C=O) groups is 1. The molecule has 0 fully saturated rings. The number of hydrogen-bond donors (Lipinski definition) is 2. The molecule has 0 saturated carbocycles. The SMILES string of the molecule is N#Cc1ccc(NC(=O)c2cccc(N)c2Br)c(Br)c1. The van der Waals surface area contributed by atoms with Gasteiger partial charge in [-0.15, -0.1) is 0 Å². The number of nitrogens with one attached hydrogen (secondary N) is 1. The van der Waals surface area contributed by atoms with Crippen LogP contribution in [0.15, 0.2) is 45.3 Å². The summed E-state index contributed by atoms with van der Waals surface area (Å²) in [6.45, 7) is 0. The van der Waals surface area contributed by atoms with Crippen LogP contribution in [-0.2, 0) is 0 Å². The highest BCUT2D eigenvalue weighted by Crippen LogP contribution is 2.27. The zero-order chi connectivity index (χ0) is 14.7. The van der Waals surface area contributed by atoms with Gasteiger partial charge in [-0.3, -0.25) is 4.79 Å². The molecular weight excluding hydrogens is 386 g/mol. The molecule has 0 aliphatic heterocycles. The highest BCUT2D eigenvalue weighted by Gasteiger charge is 2.13. The molecule has 0 aliphatic rings. The van der Waals surface area contributed by atoms with E-state index in [0.717, 1.165) is 0 Å². The van der Waals surface area contributed by atoms with Gasteiger partial charge in [-0.1, -0.05) is 6.07 Å². The second kappa shape index (κ2) is 6.07. The minimum Gasteiger partial charge on any atom is -0.398 e. The molecule has 2 aromatic carbocycles. The first-order valence-corrected chi connectivity index (χ1v) is 7.16. The molecule has 0 spiro atoms. The van der Waals surface area contributed by atoms with E-state index < -0.39 is 0 Å². The standard InChI is InChI=1S/C14H9Br2N3O/c15-10-6-8(7-17)4-5-12(10)19-14(20)9-2-1-3-11(18)13(9)16/h1-6H,18H2,(H,19,20). The van der Waals surface area contributed by atoms with Crippen LogP contribution in [0.3, 0.4) is 0 Å². The van der Waals surface area contributed by atoms with Crippen LogP contribution < -0.4 is 11.1 Å². The summed E-state index contributed by atoms with van der Waals surface area (Å²) in [4.78, 5) is 12.2. The number of nitriles is 1. The number of carbonyl (C=O) groups excluding carboxylic acids is 1.